The van der Waals surface area contributed by atoms with Gasteiger partial charge in [0.25, 0.3) is 21.8 Å². The Morgan fingerprint density at radius 3 is 2.14 bits per heavy atom. The van der Waals surface area contributed by atoms with E-state index in [-0.39, 0.29) is 39.0 Å². The molecule has 1 saturated carbocycles. The van der Waals surface area contributed by atoms with Crippen molar-refractivity contribution in [3.8, 4) is 0 Å². The van der Waals surface area contributed by atoms with Gasteiger partial charge in [-0.2, -0.15) is 0 Å². The fourth-order valence-electron chi connectivity index (χ4n) is 12.4. The van der Waals surface area contributed by atoms with Gasteiger partial charge in [0.15, 0.2) is 9.84 Å². The second-order valence-corrected chi connectivity index (χ2v) is 27.0. The van der Waals surface area contributed by atoms with E-state index in [0.717, 1.165) is 145 Å². The Labute approximate surface area is 458 Å². The van der Waals surface area contributed by atoms with Crippen molar-refractivity contribution in [1.82, 2.24) is 29.6 Å². The lowest BCUT2D eigenvalue weighted by atomic mass is 9.73. The fraction of sp³-hybridized carbons (Fsp3) is 0.483. The number of sulfonamides is 1. The molecule has 4 heterocycles. The second kappa shape index (κ2) is 22.6. The van der Waals surface area contributed by atoms with E-state index in [4.69, 9.17) is 11.6 Å². The van der Waals surface area contributed by atoms with Crippen LogP contribution in [-0.4, -0.2) is 144 Å². The Morgan fingerprint density at radius 2 is 1.45 bits per heavy atom. The number of piperazine rings is 2. The number of benzene rings is 4. The smallest absolute Gasteiger partial charge is 0.264 e. The lowest BCUT2D eigenvalue weighted by Crippen LogP contribution is -2.52. The number of nitrogens with one attached hydrogen (secondary N) is 3. The van der Waals surface area contributed by atoms with Gasteiger partial charge in [-0.1, -0.05) is 55.3 Å². The molecule has 6 aliphatic rings. The monoisotopic (exact) mass is 1110 g/mol. The highest BCUT2D eigenvalue weighted by Gasteiger charge is 2.39. The summed E-state index contributed by atoms with van der Waals surface area (Å²) in [6, 6.07) is 24.8. The Hall–Kier alpha value is -5.63. The summed E-state index contributed by atoms with van der Waals surface area (Å²) in [6.07, 6.45) is 8.86. The van der Waals surface area contributed by atoms with E-state index in [0.29, 0.717) is 42.7 Å². The number of hydrogen-bond donors (Lipinski definition) is 3. The van der Waals surface area contributed by atoms with Gasteiger partial charge in [-0.15, -0.1) is 0 Å². The number of halogens is 1. The van der Waals surface area contributed by atoms with E-state index in [1.54, 1.807) is 17.0 Å². The molecular weight excluding hydrogens is 1040 g/mol. The lowest BCUT2D eigenvalue weighted by molar-refractivity contribution is -0.136. The third-order valence-corrected chi connectivity index (χ3v) is 19.6. The van der Waals surface area contributed by atoms with Gasteiger partial charge in [-0.25, -0.2) is 21.6 Å². The maximum atomic E-state index is 13.6. The van der Waals surface area contributed by atoms with Crippen molar-refractivity contribution in [1.29, 1.82) is 0 Å². The highest BCUT2D eigenvalue weighted by molar-refractivity contribution is 7.91. The number of allylic oxidation sites excluding steroid dienone is 1. The molecule has 0 spiro atoms. The molecule has 3 saturated heterocycles. The number of piperidine rings is 1. The van der Waals surface area contributed by atoms with Crippen LogP contribution >= 0.6 is 11.6 Å². The summed E-state index contributed by atoms with van der Waals surface area (Å²) in [4.78, 5) is 61.6. The highest BCUT2D eigenvalue weighted by Crippen LogP contribution is 2.43. The Morgan fingerprint density at radius 1 is 0.766 bits per heavy atom. The zero-order valence-corrected chi connectivity index (χ0v) is 46.7. The number of rotatable bonds is 15. The fourth-order valence-corrected chi connectivity index (χ4v) is 14.5. The third-order valence-electron chi connectivity index (χ3n) is 16.8. The highest BCUT2D eigenvalue weighted by atomic mass is 35.5. The van der Waals surface area contributed by atoms with Crippen molar-refractivity contribution in [2.75, 3.05) is 81.9 Å². The van der Waals surface area contributed by atoms with Crippen LogP contribution in [0.1, 0.15) is 109 Å². The molecule has 2 aliphatic carbocycles. The molecule has 4 aromatic rings. The van der Waals surface area contributed by atoms with Crippen molar-refractivity contribution in [3.05, 3.63) is 123 Å². The zero-order chi connectivity index (χ0) is 54.2. The number of imide groups is 1. The molecule has 4 amide bonds. The van der Waals surface area contributed by atoms with Crippen LogP contribution < -0.4 is 20.3 Å². The number of carbonyl (C=O) groups is 4. The Bertz CT molecular complexity index is 3160. The summed E-state index contributed by atoms with van der Waals surface area (Å²) in [6.45, 7) is 14.4. The topological polar surface area (TPSA) is 189 Å². The van der Waals surface area contributed by atoms with Crippen LogP contribution in [-0.2, 0) is 42.5 Å². The van der Waals surface area contributed by atoms with Gasteiger partial charge >= 0.3 is 0 Å². The van der Waals surface area contributed by atoms with Gasteiger partial charge in [-0.05, 0) is 146 Å². The first kappa shape index (κ1) is 54.7. The average Bonchev–Trinajstić information content (AvgIpc) is 3.73. The van der Waals surface area contributed by atoms with Crippen molar-refractivity contribution in [3.63, 3.8) is 0 Å². The van der Waals surface area contributed by atoms with Crippen LogP contribution in [0.5, 0.6) is 0 Å². The summed E-state index contributed by atoms with van der Waals surface area (Å²) in [5.74, 6) is -1.37. The largest absolute Gasteiger partial charge is 0.384 e. The number of sulfone groups is 1. The van der Waals surface area contributed by atoms with Crippen molar-refractivity contribution >= 4 is 72.0 Å². The van der Waals surface area contributed by atoms with Gasteiger partial charge in [-0.3, -0.25) is 39.2 Å². The zero-order valence-electron chi connectivity index (χ0n) is 44.4. The first-order chi connectivity index (χ1) is 36.7. The third kappa shape index (κ3) is 12.8. The SMILES string of the molecule is CC1(C)CCC(c2ccc(Cl)cc2)=C(CN2CCN(c3ccc(C(=O)NS(=O)(=O)c4ccc(NC[C@H]5CC[C@H](N6CCN(Cc7ccc8c(c7)CN(C7CCC(=O)NC7=O)C8=O)CC6)CC5)c(S(C)(=O)=O)c4)cc3)CC2)C1. The number of nitrogens with zero attached hydrogens (tertiary/aromatic N) is 5. The van der Waals surface area contributed by atoms with E-state index in [2.05, 4.69) is 67.0 Å². The van der Waals surface area contributed by atoms with Gasteiger partial charge in [0.2, 0.25) is 11.8 Å². The minimum Gasteiger partial charge on any atom is -0.384 e. The molecule has 3 N–H and O–H groups in total. The van der Waals surface area contributed by atoms with Crippen molar-refractivity contribution < 1.29 is 36.0 Å². The molecule has 19 heteroatoms. The molecule has 410 valence electrons. The molecular formula is C58H71ClN8O8S2. The number of hydrogen-bond acceptors (Lipinski definition) is 13. The molecule has 0 aromatic heterocycles. The summed E-state index contributed by atoms with van der Waals surface area (Å²) >= 11 is 6.22. The standard InChI is InChI=1S/C58H71ClN8O8S2/c1-58(2)23-22-49(41-7-11-45(59)12-8-41)44(34-58)37-64-26-30-66(31-27-64)47-15-9-42(10-16-47)55(69)62-77(74,75)48-17-19-51(53(33-48)76(3,72)73)60-35-39-4-13-46(14-5-39)65-28-24-63(25-29-65)36-40-6-18-50-43(32-40)38-67(57(50)71)52-20-21-54(68)61-56(52)70/h6-12,15-19,32-33,39,46,52,60H,4-5,13-14,20-31,34-38H2,1-3H3,(H,62,69)(H,61,68,70)/t39-,46-,52?. The molecule has 4 aromatic carbocycles. The number of anilines is 2. The first-order valence-corrected chi connectivity index (χ1v) is 30.9. The van der Waals surface area contributed by atoms with E-state index < -0.39 is 37.7 Å². The second-order valence-electron chi connectivity index (χ2n) is 22.9. The molecule has 16 nitrogen and oxygen atoms in total. The predicted octanol–water partition coefficient (Wildman–Crippen LogP) is 7.20. The minimum absolute atomic E-state index is 0.146. The Balaban J connectivity index is 0.671. The van der Waals surface area contributed by atoms with Crippen LogP contribution in [0.4, 0.5) is 11.4 Å². The van der Waals surface area contributed by atoms with Crippen LogP contribution in [0.2, 0.25) is 5.02 Å². The van der Waals surface area contributed by atoms with Crippen LogP contribution in [0.3, 0.4) is 0 Å². The van der Waals surface area contributed by atoms with Crippen LogP contribution in [0.25, 0.3) is 5.57 Å². The number of amides is 4. The van der Waals surface area contributed by atoms with Crippen LogP contribution in [0, 0.1) is 11.3 Å². The Kier molecular flexibility index (Phi) is 16.1. The lowest BCUT2D eigenvalue weighted by Gasteiger charge is -2.42. The molecule has 4 aliphatic heterocycles. The molecule has 10 rings (SSSR count). The van der Waals surface area contributed by atoms with E-state index in [1.807, 2.05) is 36.4 Å². The predicted molar refractivity (Wildman–Crippen MR) is 299 cm³/mol. The van der Waals surface area contributed by atoms with E-state index in [9.17, 15) is 36.0 Å². The number of fused-ring (bicyclic) bond motifs is 1. The molecule has 0 bridgehead atoms. The summed E-state index contributed by atoms with van der Waals surface area (Å²) in [5.41, 5.74) is 8.53. The summed E-state index contributed by atoms with van der Waals surface area (Å²) < 4.78 is 55.6. The van der Waals surface area contributed by atoms with Gasteiger partial charge in [0, 0.05) is 119 Å². The quantitative estimate of drug-likeness (QED) is 0.102. The van der Waals surface area contributed by atoms with E-state index in [1.165, 1.54) is 28.8 Å². The molecule has 77 heavy (non-hydrogen) atoms. The molecule has 1 atom stereocenters. The normalized spacial score (nSPS) is 23.0. The first-order valence-electron chi connectivity index (χ1n) is 27.2. The van der Waals surface area contributed by atoms with Gasteiger partial charge in [0.1, 0.15) is 6.04 Å². The maximum absolute atomic E-state index is 13.6. The molecule has 1 unspecified atom stereocenters. The molecule has 4 fully saturated rings. The molecule has 0 radical (unpaired) electrons. The van der Waals surface area contributed by atoms with Crippen molar-refractivity contribution in [2.24, 2.45) is 11.3 Å². The summed E-state index contributed by atoms with van der Waals surface area (Å²) in [5, 5.41) is 6.42. The minimum atomic E-state index is -4.43. The maximum Gasteiger partial charge on any atom is 0.264 e. The van der Waals surface area contributed by atoms with Gasteiger partial charge in [0.05, 0.1) is 15.5 Å². The average molecular weight is 1110 g/mol. The summed E-state index contributed by atoms with van der Waals surface area (Å²) in [7, 11) is -8.29. The van der Waals surface area contributed by atoms with Gasteiger partial charge < -0.3 is 15.1 Å². The van der Waals surface area contributed by atoms with Crippen LogP contribution in [0.15, 0.2) is 100 Å². The van der Waals surface area contributed by atoms with E-state index >= 15 is 0 Å². The van der Waals surface area contributed by atoms with Crippen molar-refractivity contribution in [2.45, 2.75) is 107 Å². The number of carbonyl (C=O) groups excluding carboxylic acids is 4.